The lowest BCUT2D eigenvalue weighted by Gasteiger charge is -2.39. The smallest absolute Gasteiger partial charge is 0.191 e. The summed E-state index contributed by atoms with van der Waals surface area (Å²) in [4.78, 5) is 10.7. The second-order valence-corrected chi connectivity index (χ2v) is 8.79. The molecule has 0 aliphatic carbocycles. The predicted molar refractivity (Wildman–Crippen MR) is 133 cm³/mol. The molecule has 0 spiro atoms. The molecule has 160 valence electrons. The normalized spacial score (nSPS) is 16.2. The zero-order valence-corrected chi connectivity index (χ0v) is 21.0. The fourth-order valence-corrected chi connectivity index (χ4v) is 4.68. The molecule has 7 heteroatoms. The molecule has 0 amide bonds. The molecule has 0 saturated carbocycles. The number of halogens is 1. The number of aromatic nitrogens is 1. The van der Waals surface area contributed by atoms with E-state index in [1.165, 1.54) is 16.0 Å². The number of aliphatic imine (C=N–C) groups is 1. The van der Waals surface area contributed by atoms with Crippen LogP contribution in [0.4, 0.5) is 0 Å². The Morgan fingerprint density at radius 1 is 1.17 bits per heavy atom. The second kappa shape index (κ2) is 11.3. The van der Waals surface area contributed by atoms with Gasteiger partial charge < -0.3 is 15.4 Å². The molecule has 1 aromatic carbocycles. The number of guanidine groups is 1. The van der Waals surface area contributed by atoms with Gasteiger partial charge in [0.25, 0.3) is 0 Å². The second-order valence-electron chi connectivity index (χ2n) is 7.51. The first kappa shape index (κ1) is 24.1. The first-order valence-corrected chi connectivity index (χ1v) is 10.9. The molecule has 1 saturated heterocycles. The highest BCUT2D eigenvalue weighted by atomic mass is 127. The minimum Gasteiger partial charge on any atom is -0.381 e. The van der Waals surface area contributed by atoms with E-state index in [4.69, 9.17) is 9.73 Å². The molecule has 1 fully saturated rings. The average Bonchev–Trinajstić information content (AvgIpc) is 3.02. The van der Waals surface area contributed by atoms with E-state index in [0.717, 1.165) is 55.8 Å². The summed E-state index contributed by atoms with van der Waals surface area (Å²) in [5, 5.41) is 8.05. The van der Waals surface area contributed by atoms with Gasteiger partial charge in [0.1, 0.15) is 5.01 Å². The van der Waals surface area contributed by atoms with Gasteiger partial charge in [0.05, 0.1) is 12.2 Å². The van der Waals surface area contributed by atoms with E-state index in [9.17, 15) is 0 Å². The topological polar surface area (TPSA) is 58.5 Å². The van der Waals surface area contributed by atoms with Gasteiger partial charge in [-0.1, -0.05) is 24.3 Å². The zero-order chi connectivity index (χ0) is 20.0. The Kier molecular flexibility index (Phi) is 9.36. The summed E-state index contributed by atoms with van der Waals surface area (Å²) in [6.07, 6.45) is 2.05. The summed E-state index contributed by atoms with van der Waals surface area (Å²) in [6.45, 7) is 12.4. The van der Waals surface area contributed by atoms with E-state index >= 15 is 0 Å². The van der Waals surface area contributed by atoms with Crippen LogP contribution in [0, 0.1) is 20.8 Å². The number of rotatable bonds is 6. The first-order chi connectivity index (χ1) is 13.5. The van der Waals surface area contributed by atoms with Crippen LogP contribution in [0.5, 0.6) is 0 Å². The maximum absolute atomic E-state index is 5.68. The number of thiazole rings is 1. The van der Waals surface area contributed by atoms with E-state index in [-0.39, 0.29) is 29.4 Å². The summed E-state index contributed by atoms with van der Waals surface area (Å²) in [5.41, 5.74) is 3.96. The van der Waals surface area contributed by atoms with Gasteiger partial charge >= 0.3 is 0 Å². The first-order valence-electron chi connectivity index (χ1n) is 10.1. The molecule has 29 heavy (non-hydrogen) atoms. The molecule has 2 heterocycles. The van der Waals surface area contributed by atoms with Crippen LogP contribution >= 0.6 is 35.3 Å². The van der Waals surface area contributed by atoms with Crippen molar-refractivity contribution in [1.82, 2.24) is 15.6 Å². The van der Waals surface area contributed by atoms with Gasteiger partial charge in [-0.05, 0) is 51.7 Å². The van der Waals surface area contributed by atoms with Crippen molar-refractivity contribution in [2.75, 3.05) is 26.3 Å². The predicted octanol–water partition coefficient (Wildman–Crippen LogP) is 4.49. The van der Waals surface area contributed by atoms with Gasteiger partial charge in [-0.2, -0.15) is 0 Å². The van der Waals surface area contributed by atoms with Gasteiger partial charge in [0.15, 0.2) is 5.96 Å². The maximum Gasteiger partial charge on any atom is 0.191 e. The molecular weight excluding hydrogens is 495 g/mol. The van der Waals surface area contributed by atoms with Crippen molar-refractivity contribution >= 4 is 41.3 Å². The van der Waals surface area contributed by atoms with Crippen molar-refractivity contribution in [2.24, 2.45) is 4.99 Å². The summed E-state index contributed by atoms with van der Waals surface area (Å²) in [7, 11) is 0. The zero-order valence-electron chi connectivity index (χ0n) is 17.9. The molecule has 0 bridgehead atoms. The van der Waals surface area contributed by atoms with Gasteiger partial charge in [-0.25, -0.2) is 9.98 Å². The lowest BCUT2D eigenvalue weighted by atomic mass is 9.72. The molecule has 1 aromatic heterocycles. The van der Waals surface area contributed by atoms with Crippen LogP contribution in [0.15, 0.2) is 29.3 Å². The molecule has 2 aromatic rings. The van der Waals surface area contributed by atoms with Crippen LogP contribution in [0.3, 0.4) is 0 Å². The summed E-state index contributed by atoms with van der Waals surface area (Å²) < 4.78 is 5.68. The fourth-order valence-electron chi connectivity index (χ4n) is 3.82. The highest BCUT2D eigenvalue weighted by Crippen LogP contribution is 2.36. The van der Waals surface area contributed by atoms with Crippen molar-refractivity contribution in [3.8, 4) is 0 Å². The minimum atomic E-state index is 0. The number of nitrogens with zero attached hydrogens (tertiary/aromatic N) is 2. The molecule has 3 rings (SSSR count). The van der Waals surface area contributed by atoms with Gasteiger partial charge in [0, 0.05) is 36.6 Å². The van der Waals surface area contributed by atoms with E-state index in [2.05, 4.69) is 67.6 Å². The summed E-state index contributed by atoms with van der Waals surface area (Å²) in [5.74, 6) is 0.854. The summed E-state index contributed by atoms with van der Waals surface area (Å²) in [6, 6.07) is 8.74. The number of hydrogen-bond donors (Lipinski definition) is 2. The highest BCUT2D eigenvalue weighted by molar-refractivity contribution is 14.0. The van der Waals surface area contributed by atoms with Crippen LogP contribution in [-0.2, 0) is 16.7 Å². The van der Waals surface area contributed by atoms with E-state index < -0.39 is 0 Å². The molecule has 0 unspecified atom stereocenters. The van der Waals surface area contributed by atoms with Crippen LogP contribution in [0.2, 0.25) is 0 Å². The summed E-state index contributed by atoms with van der Waals surface area (Å²) >= 11 is 1.73. The van der Waals surface area contributed by atoms with E-state index in [1.807, 2.05) is 0 Å². The van der Waals surface area contributed by atoms with E-state index in [0.29, 0.717) is 6.54 Å². The van der Waals surface area contributed by atoms with Crippen molar-refractivity contribution in [3.63, 3.8) is 0 Å². The Hall–Kier alpha value is -1.19. The molecular formula is C22H33IN4OS. The molecule has 5 nitrogen and oxygen atoms in total. The molecule has 0 radical (unpaired) electrons. The van der Waals surface area contributed by atoms with E-state index in [1.54, 1.807) is 11.3 Å². The monoisotopic (exact) mass is 528 g/mol. The third kappa shape index (κ3) is 6.15. The number of ether oxygens (including phenoxy) is 1. The number of aryl methyl sites for hydroxylation is 3. The van der Waals surface area contributed by atoms with Gasteiger partial charge in [0.2, 0.25) is 0 Å². The lowest BCUT2D eigenvalue weighted by molar-refractivity contribution is 0.0512. The van der Waals surface area contributed by atoms with Crippen LogP contribution in [-0.4, -0.2) is 37.2 Å². The van der Waals surface area contributed by atoms with Crippen molar-refractivity contribution in [2.45, 2.75) is 52.5 Å². The van der Waals surface area contributed by atoms with Gasteiger partial charge in [-0.15, -0.1) is 35.3 Å². The van der Waals surface area contributed by atoms with Crippen LogP contribution in [0.1, 0.15) is 46.5 Å². The SMILES string of the molecule is CCNC(=NCc1nc(C)c(C)s1)NCC1(c2ccccc2C)CCOCC1.I. The molecule has 2 N–H and O–H groups in total. The number of nitrogens with one attached hydrogen (secondary N) is 2. The van der Waals surface area contributed by atoms with Gasteiger partial charge in [-0.3, -0.25) is 0 Å². The highest BCUT2D eigenvalue weighted by Gasteiger charge is 2.35. The third-order valence-corrected chi connectivity index (χ3v) is 6.61. The molecule has 1 aliphatic heterocycles. The Labute approximate surface area is 195 Å². The van der Waals surface area contributed by atoms with Crippen molar-refractivity contribution in [1.29, 1.82) is 0 Å². The number of hydrogen-bond acceptors (Lipinski definition) is 4. The molecule has 1 aliphatic rings. The third-order valence-electron chi connectivity index (χ3n) is 5.55. The molecule has 0 atom stereocenters. The Morgan fingerprint density at radius 2 is 1.90 bits per heavy atom. The Bertz CT molecular complexity index is 795. The minimum absolute atomic E-state index is 0. The Morgan fingerprint density at radius 3 is 2.52 bits per heavy atom. The van der Waals surface area contributed by atoms with Crippen molar-refractivity contribution in [3.05, 3.63) is 51.0 Å². The number of benzene rings is 1. The van der Waals surface area contributed by atoms with Crippen molar-refractivity contribution < 1.29 is 4.74 Å². The average molecular weight is 529 g/mol. The van der Waals surface area contributed by atoms with Crippen LogP contribution in [0.25, 0.3) is 0 Å². The standard InChI is InChI=1S/C22H32N4OS.HI/c1-5-23-21(24-14-20-26-17(3)18(4)28-20)25-15-22(10-12-27-13-11-22)19-9-7-6-8-16(19)2;/h6-9H,5,10-15H2,1-4H3,(H2,23,24,25);1H. The maximum atomic E-state index is 5.68. The Balaban J connectivity index is 0.00000300. The van der Waals surface area contributed by atoms with Crippen LogP contribution < -0.4 is 10.6 Å². The largest absolute Gasteiger partial charge is 0.381 e. The fraction of sp³-hybridized carbons (Fsp3) is 0.545. The quantitative estimate of drug-likeness (QED) is 0.330. The lowest BCUT2D eigenvalue weighted by Crippen LogP contribution is -2.48.